The van der Waals surface area contributed by atoms with Gasteiger partial charge in [0.2, 0.25) is 0 Å². The highest BCUT2D eigenvalue weighted by atomic mass is 79.9. The lowest BCUT2D eigenvalue weighted by atomic mass is 10.1. The van der Waals surface area contributed by atoms with Crippen LogP contribution in [0.25, 0.3) is 0 Å². The van der Waals surface area contributed by atoms with Crippen LogP contribution in [0.3, 0.4) is 0 Å². The van der Waals surface area contributed by atoms with Crippen molar-refractivity contribution >= 4 is 15.9 Å². The number of halogens is 1. The highest BCUT2D eigenvalue weighted by Crippen LogP contribution is 2.12. The van der Waals surface area contributed by atoms with Crippen molar-refractivity contribution in [2.45, 2.75) is 58.8 Å². The van der Waals surface area contributed by atoms with Crippen LogP contribution < -0.4 is 0 Å². The number of unbranched alkanes of at least 4 members (excludes halogenated alkanes) is 5. The van der Waals surface area contributed by atoms with Gasteiger partial charge < -0.3 is 4.48 Å². The van der Waals surface area contributed by atoms with E-state index in [9.17, 15) is 0 Å². The number of hydrogen-bond acceptors (Lipinski definition) is 0. The van der Waals surface area contributed by atoms with Gasteiger partial charge >= 0.3 is 0 Å². The van der Waals surface area contributed by atoms with E-state index in [0.29, 0.717) is 0 Å². The molecule has 1 atom stereocenters. The Balaban J connectivity index is 3.65. The summed E-state index contributed by atoms with van der Waals surface area (Å²) in [6, 6.07) is 0. The Morgan fingerprint density at radius 1 is 0.800 bits per heavy atom. The van der Waals surface area contributed by atoms with E-state index in [2.05, 4.69) is 36.8 Å². The third-order valence-corrected chi connectivity index (χ3v) is 4.35. The van der Waals surface area contributed by atoms with Gasteiger partial charge in [-0.2, -0.15) is 0 Å². The zero-order valence-electron chi connectivity index (χ0n) is 10.9. The molecule has 92 valence electrons. The molecule has 0 saturated carbocycles. The molecule has 0 N–H and O–H groups in total. The summed E-state index contributed by atoms with van der Waals surface area (Å²) in [7, 11) is 2.39. The van der Waals surface area contributed by atoms with E-state index in [1.807, 2.05) is 0 Å². The maximum Gasteiger partial charge on any atom is 0.134 e. The van der Waals surface area contributed by atoms with Crippen molar-refractivity contribution in [3.63, 3.8) is 0 Å². The second kappa shape index (κ2) is 9.65. The summed E-state index contributed by atoms with van der Waals surface area (Å²) >= 11 is 3.67. The first-order chi connectivity index (χ1) is 7.18. The molecule has 0 amide bonds. The van der Waals surface area contributed by atoms with E-state index in [1.165, 1.54) is 62.5 Å². The van der Waals surface area contributed by atoms with Gasteiger partial charge in [-0.1, -0.05) is 33.1 Å². The van der Waals surface area contributed by atoms with Crippen LogP contribution in [0.5, 0.6) is 0 Å². The van der Waals surface area contributed by atoms with Gasteiger partial charge in [0.05, 0.1) is 20.1 Å². The summed E-state index contributed by atoms with van der Waals surface area (Å²) in [5.41, 5.74) is 1.11. The van der Waals surface area contributed by atoms with Crippen molar-refractivity contribution in [2.24, 2.45) is 0 Å². The average molecular weight is 279 g/mol. The van der Waals surface area contributed by atoms with Crippen LogP contribution in [0.15, 0.2) is 0 Å². The summed E-state index contributed by atoms with van der Waals surface area (Å²) in [5, 5.41) is 0. The SMILES string of the molecule is CCCCCC[N+](C)(CBr)CCCCC. The van der Waals surface area contributed by atoms with Crippen LogP contribution in [0.1, 0.15) is 58.8 Å². The number of nitrogens with zero attached hydrogens (tertiary/aromatic N) is 1. The fourth-order valence-corrected chi connectivity index (χ4v) is 2.40. The topological polar surface area (TPSA) is 0 Å². The largest absolute Gasteiger partial charge is 0.317 e. The smallest absolute Gasteiger partial charge is 0.134 e. The molecule has 0 rings (SSSR count). The van der Waals surface area contributed by atoms with Crippen molar-refractivity contribution in [3.8, 4) is 0 Å². The molecule has 0 bridgehead atoms. The van der Waals surface area contributed by atoms with E-state index in [1.54, 1.807) is 0 Å². The van der Waals surface area contributed by atoms with Crippen molar-refractivity contribution < 1.29 is 4.48 Å². The molecule has 0 aromatic carbocycles. The summed E-state index contributed by atoms with van der Waals surface area (Å²) in [5.74, 6) is 0. The van der Waals surface area contributed by atoms with Gasteiger partial charge in [0.1, 0.15) is 5.45 Å². The van der Waals surface area contributed by atoms with E-state index in [-0.39, 0.29) is 0 Å². The van der Waals surface area contributed by atoms with Gasteiger partial charge in [-0.25, -0.2) is 0 Å². The third kappa shape index (κ3) is 8.27. The Labute approximate surface area is 105 Å². The predicted octanol–water partition coefficient (Wildman–Crippen LogP) is 4.56. The predicted molar refractivity (Wildman–Crippen MR) is 73.4 cm³/mol. The lowest BCUT2D eigenvalue weighted by Crippen LogP contribution is -2.44. The first-order valence-corrected chi connectivity index (χ1v) is 7.70. The molecule has 0 aliphatic carbocycles. The van der Waals surface area contributed by atoms with Crippen molar-refractivity contribution in [1.82, 2.24) is 0 Å². The fourth-order valence-electron chi connectivity index (χ4n) is 1.90. The summed E-state index contributed by atoms with van der Waals surface area (Å²) in [6.45, 7) is 7.24. The zero-order valence-corrected chi connectivity index (χ0v) is 12.5. The minimum absolute atomic E-state index is 1.11. The molecule has 0 aliphatic heterocycles. The molecular weight excluding hydrogens is 250 g/mol. The van der Waals surface area contributed by atoms with Crippen LogP contribution in [0.2, 0.25) is 0 Å². The summed E-state index contributed by atoms with van der Waals surface area (Å²) in [6.07, 6.45) is 9.64. The molecule has 0 fully saturated rings. The number of hydrogen-bond donors (Lipinski definition) is 0. The molecule has 1 unspecified atom stereocenters. The molecular formula is C13H29BrN+. The van der Waals surface area contributed by atoms with Crippen LogP contribution in [0, 0.1) is 0 Å². The van der Waals surface area contributed by atoms with Gasteiger partial charge in [0.15, 0.2) is 0 Å². The second-order valence-electron chi connectivity index (χ2n) is 4.95. The van der Waals surface area contributed by atoms with Crippen LogP contribution in [-0.2, 0) is 0 Å². The highest BCUT2D eigenvalue weighted by molar-refractivity contribution is 9.09. The summed E-state index contributed by atoms with van der Waals surface area (Å²) in [4.78, 5) is 0. The van der Waals surface area contributed by atoms with Crippen molar-refractivity contribution in [2.75, 3.05) is 25.6 Å². The maximum absolute atomic E-state index is 3.67. The second-order valence-corrected chi connectivity index (χ2v) is 5.46. The Bertz CT molecular complexity index is 138. The Morgan fingerprint density at radius 3 is 1.73 bits per heavy atom. The zero-order chi connectivity index (χ0) is 11.6. The minimum Gasteiger partial charge on any atom is -0.317 e. The molecule has 0 aromatic heterocycles. The maximum atomic E-state index is 3.67. The normalized spacial score (nSPS) is 15.2. The van der Waals surface area contributed by atoms with E-state index in [0.717, 1.165) is 5.45 Å². The van der Waals surface area contributed by atoms with Gasteiger partial charge in [-0.3, -0.25) is 0 Å². The molecule has 0 aromatic rings. The van der Waals surface area contributed by atoms with Gasteiger partial charge in [-0.15, -0.1) is 0 Å². The van der Waals surface area contributed by atoms with Gasteiger partial charge in [0.25, 0.3) is 0 Å². The van der Waals surface area contributed by atoms with Gasteiger partial charge in [0, 0.05) is 0 Å². The van der Waals surface area contributed by atoms with E-state index < -0.39 is 0 Å². The lowest BCUT2D eigenvalue weighted by Gasteiger charge is -2.32. The average Bonchev–Trinajstić information content (AvgIpc) is 2.25. The molecule has 15 heavy (non-hydrogen) atoms. The molecule has 0 saturated heterocycles. The Kier molecular flexibility index (Phi) is 9.93. The van der Waals surface area contributed by atoms with Crippen molar-refractivity contribution in [1.29, 1.82) is 0 Å². The van der Waals surface area contributed by atoms with Gasteiger partial charge in [-0.05, 0) is 41.6 Å². The summed E-state index contributed by atoms with van der Waals surface area (Å²) < 4.78 is 1.21. The van der Waals surface area contributed by atoms with E-state index >= 15 is 0 Å². The fraction of sp³-hybridized carbons (Fsp3) is 1.00. The van der Waals surface area contributed by atoms with E-state index in [4.69, 9.17) is 0 Å². The number of quaternary nitrogens is 1. The first kappa shape index (κ1) is 15.4. The number of alkyl halides is 1. The molecule has 0 aliphatic rings. The molecule has 2 heteroatoms. The standard InChI is InChI=1S/C13H29BrN/c1-4-6-8-10-12-15(3,13-14)11-9-7-5-2/h4-13H2,1-3H3/q+1. The molecule has 0 spiro atoms. The van der Waals surface area contributed by atoms with Crippen LogP contribution in [0.4, 0.5) is 0 Å². The van der Waals surface area contributed by atoms with Crippen LogP contribution >= 0.6 is 15.9 Å². The van der Waals surface area contributed by atoms with Crippen LogP contribution in [-0.4, -0.2) is 30.1 Å². The number of rotatable bonds is 10. The lowest BCUT2D eigenvalue weighted by molar-refractivity contribution is -0.896. The molecule has 1 nitrogen and oxygen atoms in total. The monoisotopic (exact) mass is 278 g/mol. The highest BCUT2D eigenvalue weighted by Gasteiger charge is 2.18. The minimum atomic E-state index is 1.11. The first-order valence-electron chi connectivity index (χ1n) is 6.58. The van der Waals surface area contributed by atoms with Crippen molar-refractivity contribution in [3.05, 3.63) is 0 Å². The quantitative estimate of drug-likeness (QED) is 0.238. The Hall–Kier alpha value is 0.440. The molecule has 0 heterocycles. The third-order valence-electron chi connectivity index (χ3n) is 3.14. The Morgan fingerprint density at radius 2 is 1.27 bits per heavy atom. The molecule has 0 radical (unpaired) electrons.